The monoisotopic (exact) mass is 288 g/mol. The van der Waals surface area contributed by atoms with Crippen LogP contribution in [0.2, 0.25) is 5.02 Å². The molecule has 0 heterocycles. The van der Waals surface area contributed by atoms with E-state index < -0.39 is 5.60 Å². The second-order valence-electron chi connectivity index (χ2n) is 4.25. The summed E-state index contributed by atoms with van der Waals surface area (Å²) in [5.74, 6) is 0.560. The molecule has 0 saturated heterocycles. The van der Waals surface area contributed by atoms with E-state index in [0.29, 0.717) is 16.5 Å². The fourth-order valence-corrected chi connectivity index (χ4v) is 2.29. The Kier molecular flexibility index (Phi) is 5.78. The second kappa shape index (κ2) is 6.87. The molecule has 1 atom stereocenters. The highest BCUT2D eigenvalue weighted by molar-refractivity contribution is 7.98. The van der Waals surface area contributed by atoms with E-state index in [1.165, 1.54) is 11.8 Å². The van der Waals surface area contributed by atoms with Gasteiger partial charge in [-0.1, -0.05) is 17.7 Å². The van der Waals surface area contributed by atoms with Crippen LogP contribution >= 0.6 is 23.4 Å². The third-order valence-electron chi connectivity index (χ3n) is 2.17. The van der Waals surface area contributed by atoms with Crippen molar-refractivity contribution in [2.75, 3.05) is 23.9 Å². The summed E-state index contributed by atoms with van der Waals surface area (Å²) in [4.78, 5) is 11.6. The molecule has 3 N–H and O–H groups in total. The Morgan fingerprint density at radius 1 is 1.56 bits per heavy atom. The van der Waals surface area contributed by atoms with Gasteiger partial charge in [0.1, 0.15) is 0 Å². The molecule has 0 radical (unpaired) electrons. The number of benzene rings is 1. The largest absolute Gasteiger partial charge is 0.387 e. The minimum absolute atomic E-state index is 0.195. The molecule has 1 aromatic carbocycles. The molecule has 2 amide bonds. The molecular formula is C12H17ClN2O2S. The predicted molar refractivity (Wildman–Crippen MR) is 77.5 cm³/mol. The van der Waals surface area contributed by atoms with Gasteiger partial charge in [-0.25, -0.2) is 4.79 Å². The van der Waals surface area contributed by atoms with Gasteiger partial charge in [0.25, 0.3) is 0 Å². The van der Waals surface area contributed by atoms with Crippen LogP contribution in [0.15, 0.2) is 24.3 Å². The van der Waals surface area contributed by atoms with Gasteiger partial charge in [0.05, 0.1) is 5.60 Å². The van der Waals surface area contributed by atoms with Gasteiger partial charge >= 0.3 is 6.03 Å². The first-order chi connectivity index (χ1) is 8.43. The molecule has 0 saturated carbocycles. The van der Waals surface area contributed by atoms with Crippen molar-refractivity contribution in [3.63, 3.8) is 0 Å². The van der Waals surface area contributed by atoms with E-state index in [-0.39, 0.29) is 12.6 Å². The minimum Gasteiger partial charge on any atom is -0.387 e. The van der Waals surface area contributed by atoms with Crippen LogP contribution in [0, 0.1) is 0 Å². The van der Waals surface area contributed by atoms with Crippen LogP contribution in [-0.2, 0) is 0 Å². The predicted octanol–water partition coefficient (Wildman–Crippen LogP) is 2.58. The van der Waals surface area contributed by atoms with Gasteiger partial charge in [0.15, 0.2) is 0 Å². The first-order valence-electron chi connectivity index (χ1n) is 5.45. The van der Waals surface area contributed by atoms with Crippen molar-refractivity contribution in [2.24, 2.45) is 0 Å². The topological polar surface area (TPSA) is 61.4 Å². The number of carbonyl (C=O) groups excluding carboxylic acids is 1. The Morgan fingerprint density at radius 3 is 2.89 bits per heavy atom. The normalized spacial score (nSPS) is 13.8. The first-order valence-corrected chi connectivity index (χ1v) is 7.22. The van der Waals surface area contributed by atoms with Crippen LogP contribution in [0.5, 0.6) is 0 Å². The summed E-state index contributed by atoms with van der Waals surface area (Å²) in [6, 6.07) is 6.52. The number of carbonyl (C=O) groups is 1. The molecule has 0 spiro atoms. The van der Waals surface area contributed by atoms with E-state index >= 15 is 0 Å². The van der Waals surface area contributed by atoms with Crippen LogP contribution < -0.4 is 10.6 Å². The maximum atomic E-state index is 11.6. The number of anilines is 1. The fraction of sp³-hybridized carbons (Fsp3) is 0.417. The van der Waals surface area contributed by atoms with Crippen LogP contribution in [0.3, 0.4) is 0 Å². The van der Waals surface area contributed by atoms with Gasteiger partial charge in [-0.3, -0.25) is 0 Å². The number of halogens is 1. The van der Waals surface area contributed by atoms with Crippen LogP contribution in [0.25, 0.3) is 0 Å². The van der Waals surface area contributed by atoms with Gasteiger partial charge in [-0.15, -0.1) is 0 Å². The number of urea groups is 1. The molecule has 1 rings (SSSR count). The number of thioether (sulfide) groups is 1. The van der Waals surface area contributed by atoms with Gasteiger partial charge in [-0.2, -0.15) is 11.8 Å². The average molecular weight is 289 g/mol. The van der Waals surface area contributed by atoms with Crippen molar-refractivity contribution in [1.82, 2.24) is 5.32 Å². The molecule has 0 aliphatic rings. The lowest BCUT2D eigenvalue weighted by molar-refractivity contribution is 0.0876. The molecular weight excluding hydrogens is 272 g/mol. The number of amides is 2. The molecule has 6 heteroatoms. The average Bonchev–Trinajstić information content (AvgIpc) is 2.26. The van der Waals surface area contributed by atoms with Gasteiger partial charge < -0.3 is 15.7 Å². The van der Waals surface area contributed by atoms with Crippen molar-refractivity contribution in [3.8, 4) is 0 Å². The van der Waals surface area contributed by atoms with E-state index in [2.05, 4.69) is 10.6 Å². The number of nitrogens with one attached hydrogen (secondary N) is 2. The highest BCUT2D eigenvalue weighted by Gasteiger charge is 2.20. The van der Waals surface area contributed by atoms with Crippen LogP contribution in [-0.4, -0.2) is 35.3 Å². The summed E-state index contributed by atoms with van der Waals surface area (Å²) in [6.07, 6.45) is 1.90. The maximum Gasteiger partial charge on any atom is 0.319 e. The molecule has 0 bridgehead atoms. The zero-order valence-electron chi connectivity index (χ0n) is 10.4. The Balaban J connectivity index is 2.43. The van der Waals surface area contributed by atoms with Crippen molar-refractivity contribution in [2.45, 2.75) is 12.5 Å². The number of hydrogen-bond acceptors (Lipinski definition) is 3. The molecule has 100 valence electrons. The highest BCUT2D eigenvalue weighted by atomic mass is 35.5. The third kappa shape index (κ3) is 5.62. The number of hydrogen-bond donors (Lipinski definition) is 3. The summed E-state index contributed by atoms with van der Waals surface area (Å²) >= 11 is 7.33. The molecule has 1 unspecified atom stereocenters. The standard InChI is InChI=1S/C12H17ClN2O2S/c1-12(17,8-18-2)7-14-11(16)15-10-5-3-4-9(13)6-10/h3-6,17H,7-8H2,1-2H3,(H2,14,15,16). The quantitative estimate of drug-likeness (QED) is 0.780. The molecule has 0 aromatic heterocycles. The van der Waals surface area contributed by atoms with E-state index in [1.54, 1.807) is 31.2 Å². The summed E-state index contributed by atoms with van der Waals surface area (Å²) < 4.78 is 0. The second-order valence-corrected chi connectivity index (χ2v) is 5.55. The summed E-state index contributed by atoms with van der Waals surface area (Å²) in [6.45, 7) is 1.88. The zero-order valence-corrected chi connectivity index (χ0v) is 11.9. The van der Waals surface area contributed by atoms with Crippen molar-refractivity contribution < 1.29 is 9.90 Å². The third-order valence-corrected chi connectivity index (χ3v) is 3.31. The lowest BCUT2D eigenvalue weighted by Crippen LogP contribution is -2.43. The zero-order chi connectivity index (χ0) is 13.6. The fourth-order valence-electron chi connectivity index (χ4n) is 1.37. The molecule has 0 aliphatic heterocycles. The van der Waals surface area contributed by atoms with E-state index in [4.69, 9.17) is 11.6 Å². The molecule has 0 fully saturated rings. The SMILES string of the molecule is CSCC(C)(O)CNC(=O)Nc1cccc(Cl)c1. The van der Waals surface area contributed by atoms with E-state index in [9.17, 15) is 9.90 Å². The van der Waals surface area contributed by atoms with E-state index in [1.807, 2.05) is 6.26 Å². The summed E-state index contributed by atoms with van der Waals surface area (Å²) in [7, 11) is 0. The van der Waals surface area contributed by atoms with Gasteiger partial charge in [0.2, 0.25) is 0 Å². The number of aliphatic hydroxyl groups is 1. The van der Waals surface area contributed by atoms with Crippen molar-refractivity contribution >= 4 is 35.1 Å². The minimum atomic E-state index is -0.912. The maximum absolute atomic E-state index is 11.6. The number of rotatable bonds is 5. The first kappa shape index (κ1) is 15.1. The van der Waals surface area contributed by atoms with Crippen molar-refractivity contribution in [3.05, 3.63) is 29.3 Å². The lowest BCUT2D eigenvalue weighted by atomic mass is 10.1. The summed E-state index contributed by atoms with van der Waals surface area (Å²) in [5.41, 5.74) is -0.296. The molecule has 1 aromatic rings. The van der Waals surface area contributed by atoms with Gasteiger partial charge in [0, 0.05) is 23.0 Å². The highest BCUT2D eigenvalue weighted by Crippen LogP contribution is 2.14. The molecule has 0 aliphatic carbocycles. The summed E-state index contributed by atoms with van der Waals surface area (Å²) in [5, 5.41) is 15.7. The van der Waals surface area contributed by atoms with Crippen LogP contribution in [0.1, 0.15) is 6.92 Å². The Bertz CT molecular complexity index is 413. The van der Waals surface area contributed by atoms with Gasteiger partial charge in [-0.05, 0) is 31.4 Å². The van der Waals surface area contributed by atoms with Crippen LogP contribution in [0.4, 0.5) is 10.5 Å². The lowest BCUT2D eigenvalue weighted by Gasteiger charge is -2.22. The Hall–Kier alpha value is -0.910. The molecule has 4 nitrogen and oxygen atoms in total. The van der Waals surface area contributed by atoms with Crippen molar-refractivity contribution in [1.29, 1.82) is 0 Å². The Labute approximate surface area is 116 Å². The molecule has 18 heavy (non-hydrogen) atoms. The smallest absolute Gasteiger partial charge is 0.319 e. The Morgan fingerprint density at radius 2 is 2.28 bits per heavy atom. The van der Waals surface area contributed by atoms with E-state index in [0.717, 1.165) is 0 Å².